The second kappa shape index (κ2) is 9.61. The molecule has 0 spiro atoms. The van der Waals surface area contributed by atoms with E-state index in [0.29, 0.717) is 10.9 Å². The Bertz CT molecular complexity index is 959. The molecule has 1 N–H and O–H groups in total. The Kier molecular flexibility index (Phi) is 7.16. The summed E-state index contributed by atoms with van der Waals surface area (Å²) in [6, 6.07) is 4.89. The van der Waals surface area contributed by atoms with Crippen LogP contribution in [0.25, 0.3) is 10.9 Å². The minimum Gasteiger partial charge on any atom is -0.490 e. The molecule has 0 radical (unpaired) electrons. The van der Waals surface area contributed by atoms with E-state index in [-0.39, 0.29) is 18.2 Å². The normalized spacial score (nSPS) is 14.8. The van der Waals surface area contributed by atoms with Gasteiger partial charge in [-0.2, -0.15) is 0 Å². The van der Waals surface area contributed by atoms with Crippen LogP contribution in [0.15, 0.2) is 30.7 Å². The molecule has 29 heavy (non-hydrogen) atoms. The Balaban J connectivity index is 0.00000240. The van der Waals surface area contributed by atoms with Gasteiger partial charge in [0.15, 0.2) is 16.7 Å². The third-order valence-electron chi connectivity index (χ3n) is 5.27. The van der Waals surface area contributed by atoms with E-state index < -0.39 is 0 Å². The topological polar surface area (TPSA) is 57.3 Å². The van der Waals surface area contributed by atoms with Crippen molar-refractivity contribution in [1.82, 2.24) is 19.9 Å². The molecule has 1 aliphatic heterocycles. The Labute approximate surface area is 180 Å². The lowest BCUT2D eigenvalue weighted by molar-refractivity contribution is 0.253. The zero-order valence-electron chi connectivity index (χ0n) is 16.2. The molecular formula is C20H24Cl2FN5O. The molecule has 3 heterocycles. The monoisotopic (exact) mass is 439 g/mol. The zero-order chi connectivity index (χ0) is 19.5. The summed E-state index contributed by atoms with van der Waals surface area (Å²) in [5, 5.41) is 1.32. The Morgan fingerprint density at radius 2 is 2.00 bits per heavy atom. The summed E-state index contributed by atoms with van der Waals surface area (Å²) in [7, 11) is 1.58. The number of fused-ring (bicyclic) bond motifs is 1. The number of piperazine rings is 1. The van der Waals surface area contributed by atoms with Gasteiger partial charge < -0.3 is 14.6 Å². The molecule has 9 heteroatoms. The molecule has 0 saturated carbocycles. The van der Waals surface area contributed by atoms with E-state index in [0.717, 1.165) is 62.3 Å². The molecule has 156 valence electrons. The first-order chi connectivity index (χ1) is 13.7. The number of nitrogens with one attached hydrogen (secondary N) is 1. The van der Waals surface area contributed by atoms with Crippen LogP contribution in [0.2, 0.25) is 5.15 Å². The highest BCUT2D eigenvalue weighted by molar-refractivity contribution is 6.31. The lowest BCUT2D eigenvalue weighted by atomic mass is 10.1. The SMILES string of the molecule is COc1c(Cl)ncnc1N1CCN(CCCc2c[nH]c3ccc(F)cc23)CC1.Cl. The van der Waals surface area contributed by atoms with Crippen LogP contribution in [0.4, 0.5) is 10.2 Å². The van der Waals surface area contributed by atoms with E-state index in [1.807, 2.05) is 6.20 Å². The van der Waals surface area contributed by atoms with Crippen molar-refractivity contribution in [1.29, 1.82) is 0 Å². The second-order valence-corrected chi connectivity index (χ2v) is 7.32. The molecule has 0 atom stereocenters. The summed E-state index contributed by atoms with van der Waals surface area (Å²) in [6.07, 6.45) is 5.43. The van der Waals surface area contributed by atoms with Gasteiger partial charge in [0.1, 0.15) is 12.1 Å². The van der Waals surface area contributed by atoms with E-state index in [1.165, 1.54) is 18.0 Å². The zero-order valence-corrected chi connectivity index (χ0v) is 17.8. The lowest BCUT2D eigenvalue weighted by Crippen LogP contribution is -2.47. The van der Waals surface area contributed by atoms with Crippen LogP contribution < -0.4 is 9.64 Å². The van der Waals surface area contributed by atoms with Crippen molar-refractivity contribution in [2.75, 3.05) is 44.7 Å². The predicted octanol–water partition coefficient (Wildman–Crippen LogP) is 3.94. The molecule has 0 amide bonds. The summed E-state index contributed by atoms with van der Waals surface area (Å²) in [4.78, 5) is 16.2. The molecule has 0 bridgehead atoms. The summed E-state index contributed by atoms with van der Waals surface area (Å²) >= 11 is 6.11. The van der Waals surface area contributed by atoms with Gasteiger partial charge >= 0.3 is 0 Å². The highest BCUT2D eigenvalue weighted by Gasteiger charge is 2.22. The fourth-order valence-corrected chi connectivity index (χ4v) is 3.98. The van der Waals surface area contributed by atoms with E-state index >= 15 is 0 Å². The molecule has 6 nitrogen and oxygen atoms in total. The van der Waals surface area contributed by atoms with Crippen molar-refractivity contribution in [2.45, 2.75) is 12.8 Å². The number of ether oxygens (including phenoxy) is 1. The van der Waals surface area contributed by atoms with Crippen LogP contribution in [-0.4, -0.2) is 59.7 Å². The van der Waals surface area contributed by atoms with Crippen LogP contribution in [0.5, 0.6) is 5.75 Å². The number of H-pyrrole nitrogens is 1. The molecule has 1 fully saturated rings. The number of methoxy groups -OCH3 is 1. The summed E-state index contributed by atoms with van der Waals surface area (Å²) in [6.45, 7) is 4.64. The van der Waals surface area contributed by atoms with Crippen molar-refractivity contribution < 1.29 is 9.13 Å². The van der Waals surface area contributed by atoms with Gasteiger partial charge in [-0.05, 0) is 43.1 Å². The minimum atomic E-state index is -0.190. The predicted molar refractivity (Wildman–Crippen MR) is 116 cm³/mol. The highest BCUT2D eigenvalue weighted by atomic mass is 35.5. The van der Waals surface area contributed by atoms with E-state index in [2.05, 4.69) is 24.8 Å². The Morgan fingerprint density at radius 3 is 2.76 bits per heavy atom. The number of anilines is 1. The van der Waals surface area contributed by atoms with Crippen LogP contribution in [-0.2, 0) is 6.42 Å². The van der Waals surface area contributed by atoms with Gasteiger partial charge in [-0.1, -0.05) is 11.6 Å². The number of nitrogens with zero attached hydrogens (tertiary/aromatic N) is 4. The number of aromatic amines is 1. The van der Waals surface area contributed by atoms with Crippen molar-refractivity contribution >= 4 is 40.7 Å². The third-order valence-corrected chi connectivity index (χ3v) is 5.54. The quantitative estimate of drug-likeness (QED) is 0.589. The fourth-order valence-electron chi connectivity index (χ4n) is 3.78. The molecular weight excluding hydrogens is 416 g/mol. The number of benzene rings is 1. The van der Waals surface area contributed by atoms with Crippen LogP contribution in [0.1, 0.15) is 12.0 Å². The summed E-state index contributed by atoms with van der Waals surface area (Å²) in [5.74, 6) is 1.09. The highest BCUT2D eigenvalue weighted by Crippen LogP contribution is 2.31. The number of hydrogen-bond donors (Lipinski definition) is 1. The van der Waals surface area contributed by atoms with E-state index in [1.54, 1.807) is 19.2 Å². The number of rotatable bonds is 6. The number of aromatic nitrogens is 3. The Hall–Kier alpha value is -2.09. The third kappa shape index (κ3) is 4.74. The van der Waals surface area contributed by atoms with Crippen molar-refractivity contribution in [3.05, 3.63) is 47.3 Å². The first-order valence-electron chi connectivity index (χ1n) is 9.43. The largest absolute Gasteiger partial charge is 0.490 e. The summed E-state index contributed by atoms with van der Waals surface area (Å²) < 4.78 is 18.9. The lowest BCUT2D eigenvalue weighted by Gasteiger charge is -2.35. The van der Waals surface area contributed by atoms with Crippen molar-refractivity contribution in [2.24, 2.45) is 0 Å². The second-order valence-electron chi connectivity index (χ2n) is 6.96. The molecule has 1 saturated heterocycles. The molecule has 0 aliphatic carbocycles. The minimum absolute atomic E-state index is 0. The van der Waals surface area contributed by atoms with Gasteiger partial charge in [0.2, 0.25) is 0 Å². The molecule has 1 aromatic carbocycles. The maximum Gasteiger partial charge on any atom is 0.199 e. The maximum absolute atomic E-state index is 13.5. The fraction of sp³-hybridized carbons (Fsp3) is 0.400. The van der Waals surface area contributed by atoms with Gasteiger partial charge in [0.05, 0.1) is 7.11 Å². The molecule has 2 aromatic heterocycles. The van der Waals surface area contributed by atoms with E-state index in [4.69, 9.17) is 16.3 Å². The van der Waals surface area contributed by atoms with Crippen LogP contribution in [0, 0.1) is 5.82 Å². The van der Waals surface area contributed by atoms with Crippen LogP contribution >= 0.6 is 24.0 Å². The molecule has 3 aromatic rings. The maximum atomic E-state index is 13.5. The van der Waals surface area contributed by atoms with Gasteiger partial charge in [-0.25, -0.2) is 14.4 Å². The van der Waals surface area contributed by atoms with Gasteiger partial charge in [-0.3, -0.25) is 4.90 Å². The van der Waals surface area contributed by atoms with Crippen LogP contribution in [0.3, 0.4) is 0 Å². The Morgan fingerprint density at radius 1 is 1.21 bits per heavy atom. The van der Waals surface area contributed by atoms with Gasteiger partial charge in [0, 0.05) is 43.3 Å². The average Bonchev–Trinajstić information content (AvgIpc) is 3.10. The first kappa shape index (κ1) is 21.6. The summed E-state index contributed by atoms with van der Waals surface area (Å²) in [5.41, 5.74) is 2.16. The number of halogens is 3. The molecule has 1 aliphatic rings. The van der Waals surface area contributed by atoms with E-state index in [9.17, 15) is 4.39 Å². The smallest absolute Gasteiger partial charge is 0.199 e. The average molecular weight is 440 g/mol. The molecule has 4 rings (SSSR count). The van der Waals surface area contributed by atoms with Gasteiger partial charge in [-0.15, -0.1) is 12.4 Å². The molecule has 0 unspecified atom stereocenters. The first-order valence-corrected chi connectivity index (χ1v) is 9.81. The number of aryl methyl sites for hydroxylation is 1. The van der Waals surface area contributed by atoms with Crippen molar-refractivity contribution in [3.63, 3.8) is 0 Å². The standard InChI is InChI=1S/C20H23ClFN5O.ClH/c1-28-18-19(21)24-13-25-20(18)27-9-7-26(8-10-27)6-2-3-14-12-23-17-5-4-15(22)11-16(14)17;/h4-5,11-13,23H,2-3,6-10H2,1H3;1H. The van der Waals surface area contributed by atoms with Gasteiger partial charge in [0.25, 0.3) is 0 Å². The van der Waals surface area contributed by atoms with Crippen molar-refractivity contribution in [3.8, 4) is 5.75 Å². The number of hydrogen-bond acceptors (Lipinski definition) is 5.